The number of ether oxygens (including phenoxy) is 1. The maximum atomic E-state index is 5.94. The predicted molar refractivity (Wildman–Crippen MR) is 51.5 cm³/mol. The van der Waals surface area contributed by atoms with Gasteiger partial charge >= 0.3 is 0 Å². The van der Waals surface area contributed by atoms with E-state index in [9.17, 15) is 0 Å². The molecule has 2 atom stereocenters. The molecule has 13 heavy (non-hydrogen) atoms. The summed E-state index contributed by atoms with van der Waals surface area (Å²) in [6, 6.07) is 0. The van der Waals surface area contributed by atoms with Gasteiger partial charge in [-0.3, -0.25) is 0 Å². The molecule has 2 aliphatic carbocycles. The molecule has 0 aromatic carbocycles. The number of hydrogen-bond donors (Lipinski definition) is 1. The zero-order chi connectivity index (χ0) is 8.67. The second kappa shape index (κ2) is 3.25. The van der Waals surface area contributed by atoms with E-state index in [2.05, 4.69) is 5.32 Å². The lowest BCUT2D eigenvalue weighted by Gasteiger charge is -2.11. The van der Waals surface area contributed by atoms with E-state index < -0.39 is 0 Å². The fraction of sp³-hybridized carbons (Fsp3) is 1.00. The Labute approximate surface area is 80.0 Å². The fourth-order valence-corrected chi connectivity index (χ4v) is 3.10. The lowest BCUT2D eigenvalue weighted by molar-refractivity contribution is 0.0457. The lowest BCUT2D eigenvalue weighted by atomic mass is 10.3. The maximum absolute atomic E-state index is 5.94. The Balaban J connectivity index is 1.40. The van der Waals surface area contributed by atoms with E-state index in [1.807, 2.05) is 0 Å². The molecule has 2 saturated carbocycles. The minimum atomic E-state index is 0.620. The first kappa shape index (κ1) is 8.25. The van der Waals surface area contributed by atoms with Crippen LogP contribution in [-0.4, -0.2) is 25.8 Å². The molecule has 3 rings (SSSR count). The van der Waals surface area contributed by atoms with Crippen LogP contribution in [0, 0.1) is 17.8 Å². The third-order valence-electron chi connectivity index (χ3n) is 4.10. The molecular formula is C11H19NO. The van der Waals surface area contributed by atoms with Crippen LogP contribution in [0.25, 0.3) is 0 Å². The summed E-state index contributed by atoms with van der Waals surface area (Å²) in [4.78, 5) is 0. The van der Waals surface area contributed by atoms with Gasteiger partial charge in [-0.2, -0.15) is 0 Å². The molecule has 0 aromatic heterocycles. The van der Waals surface area contributed by atoms with E-state index in [-0.39, 0.29) is 0 Å². The number of piperidine rings is 1. The molecule has 0 radical (unpaired) electrons. The summed E-state index contributed by atoms with van der Waals surface area (Å²) in [5.74, 6) is 2.87. The summed E-state index contributed by atoms with van der Waals surface area (Å²) in [5, 5.41) is 3.42. The van der Waals surface area contributed by atoms with Gasteiger partial charge in [0.25, 0.3) is 0 Å². The van der Waals surface area contributed by atoms with Gasteiger partial charge in [-0.15, -0.1) is 0 Å². The van der Waals surface area contributed by atoms with Gasteiger partial charge in [0.05, 0.1) is 12.7 Å². The number of hydrogen-bond acceptors (Lipinski definition) is 2. The average molecular weight is 181 g/mol. The van der Waals surface area contributed by atoms with Crippen molar-refractivity contribution in [3.05, 3.63) is 0 Å². The summed E-state index contributed by atoms with van der Waals surface area (Å²) in [7, 11) is 0. The lowest BCUT2D eigenvalue weighted by Crippen LogP contribution is -2.18. The van der Waals surface area contributed by atoms with Crippen LogP contribution in [0.2, 0.25) is 0 Å². The smallest absolute Gasteiger partial charge is 0.0575 e. The minimum absolute atomic E-state index is 0.620. The molecule has 0 bridgehead atoms. The van der Waals surface area contributed by atoms with Crippen molar-refractivity contribution in [2.45, 2.75) is 31.8 Å². The first-order chi connectivity index (χ1) is 6.45. The van der Waals surface area contributed by atoms with Gasteiger partial charge in [0.1, 0.15) is 0 Å². The van der Waals surface area contributed by atoms with Crippen molar-refractivity contribution >= 4 is 0 Å². The first-order valence-corrected chi connectivity index (χ1v) is 5.77. The molecule has 2 unspecified atom stereocenters. The predicted octanol–water partition coefficient (Wildman–Crippen LogP) is 1.41. The highest BCUT2D eigenvalue weighted by Gasteiger charge is 2.52. The zero-order valence-electron chi connectivity index (χ0n) is 8.17. The molecular weight excluding hydrogens is 162 g/mol. The summed E-state index contributed by atoms with van der Waals surface area (Å²) < 4.78 is 5.94. The second-order valence-electron chi connectivity index (χ2n) is 4.89. The summed E-state index contributed by atoms with van der Waals surface area (Å²) in [6.45, 7) is 3.56. The van der Waals surface area contributed by atoms with Gasteiger partial charge in [0.2, 0.25) is 0 Å². The number of fused-ring (bicyclic) bond motifs is 1. The average Bonchev–Trinajstić information content (AvgIpc) is 2.68. The quantitative estimate of drug-likeness (QED) is 0.711. The van der Waals surface area contributed by atoms with Crippen LogP contribution in [0.4, 0.5) is 0 Å². The molecule has 1 aliphatic heterocycles. The normalized spacial score (nSPS) is 43.8. The van der Waals surface area contributed by atoms with Gasteiger partial charge in [0.15, 0.2) is 0 Å². The van der Waals surface area contributed by atoms with Crippen molar-refractivity contribution < 1.29 is 4.74 Å². The van der Waals surface area contributed by atoms with Gasteiger partial charge in [-0.1, -0.05) is 12.8 Å². The molecule has 1 saturated heterocycles. The Bertz CT molecular complexity index is 179. The SMILES string of the molecule is C1CCC(OCC2C3CNCC32)C1. The zero-order valence-corrected chi connectivity index (χ0v) is 8.17. The number of nitrogens with one attached hydrogen (secondary N) is 1. The molecule has 74 valence electrons. The molecule has 1 N–H and O–H groups in total. The van der Waals surface area contributed by atoms with E-state index >= 15 is 0 Å². The Morgan fingerprint density at radius 2 is 1.77 bits per heavy atom. The van der Waals surface area contributed by atoms with E-state index in [4.69, 9.17) is 4.74 Å². The van der Waals surface area contributed by atoms with Crippen LogP contribution in [0.3, 0.4) is 0 Å². The van der Waals surface area contributed by atoms with Gasteiger partial charge in [-0.25, -0.2) is 0 Å². The van der Waals surface area contributed by atoms with Gasteiger partial charge < -0.3 is 10.1 Å². The molecule has 2 nitrogen and oxygen atoms in total. The molecule has 0 amide bonds. The van der Waals surface area contributed by atoms with Crippen LogP contribution in [0.15, 0.2) is 0 Å². The van der Waals surface area contributed by atoms with Crippen molar-refractivity contribution in [2.24, 2.45) is 17.8 Å². The van der Waals surface area contributed by atoms with Crippen LogP contribution in [0.5, 0.6) is 0 Å². The highest BCUT2D eigenvalue weighted by atomic mass is 16.5. The molecule has 1 heterocycles. The summed E-state index contributed by atoms with van der Waals surface area (Å²) in [5.41, 5.74) is 0. The third-order valence-corrected chi connectivity index (χ3v) is 4.10. The van der Waals surface area contributed by atoms with Gasteiger partial charge in [-0.05, 0) is 43.7 Å². The molecule has 0 spiro atoms. The summed E-state index contributed by atoms with van der Waals surface area (Å²) in [6.07, 6.45) is 6.04. The highest BCUT2D eigenvalue weighted by molar-refractivity contribution is 5.03. The Morgan fingerprint density at radius 1 is 1.08 bits per heavy atom. The second-order valence-corrected chi connectivity index (χ2v) is 4.89. The van der Waals surface area contributed by atoms with Crippen molar-refractivity contribution in [3.8, 4) is 0 Å². The first-order valence-electron chi connectivity index (χ1n) is 5.77. The topological polar surface area (TPSA) is 21.3 Å². The fourth-order valence-electron chi connectivity index (χ4n) is 3.10. The molecule has 0 aromatic rings. The minimum Gasteiger partial charge on any atom is -0.378 e. The standard InChI is InChI=1S/C11H19NO/c1-2-4-8(3-1)13-7-11-9-5-12-6-10(9)11/h8-12H,1-7H2. The van der Waals surface area contributed by atoms with Crippen molar-refractivity contribution in [1.29, 1.82) is 0 Å². The monoisotopic (exact) mass is 181 g/mol. The van der Waals surface area contributed by atoms with E-state index in [0.29, 0.717) is 6.10 Å². The van der Waals surface area contributed by atoms with Crippen LogP contribution < -0.4 is 5.32 Å². The molecule has 3 fully saturated rings. The number of rotatable bonds is 3. The molecule has 2 heteroatoms. The van der Waals surface area contributed by atoms with E-state index in [1.54, 1.807) is 0 Å². The van der Waals surface area contributed by atoms with Crippen LogP contribution in [0.1, 0.15) is 25.7 Å². The van der Waals surface area contributed by atoms with Crippen LogP contribution >= 0.6 is 0 Å². The maximum Gasteiger partial charge on any atom is 0.0575 e. The molecule has 3 aliphatic rings. The largest absolute Gasteiger partial charge is 0.378 e. The highest BCUT2D eigenvalue weighted by Crippen LogP contribution is 2.48. The summed E-state index contributed by atoms with van der Waals surface area (Å²) >= 11 is 0. The Morgan fingerprint density at radius 3 is 2.46 bits per heavy atom. The Hall–Kier alpha value is -0.0800. The van der Waals surface area contributed by atoms with Crippen molar-refractivity contribution in [1.82, 2.24) is 5.32 Å². The van der Waals surface area contributed by atoms with E-state index in [0.717, 1.165) is 24.4 Å². The Kier molecular flexibility index (Phi) is 2.06. The van der Waals surface area contributed by atoms with Crippen molar-refractivity contribution in [2.75, 3.05) is 19.7 Å². The van der Waals surface area contributed by atoms with Crippen molar-refractivity contribution in [3.63, 3.8) is 0 Å². The van der Waals surface area contributed by atoms with E-state index in [1.165, 1.54) is 38.8 Å². The third kappa shape index (κ3) is 1.50. The van der Waals surface area contributed by atoms with Crippen LogP contribution in [-0.2, 0) is 4.74 Å². The van der Waals surface area contributed by atoms with Gasteiger partial charge in [0, 0.05) is 0 Å².